The number of carbonyl (C=O) groups is 2. The molecule has 0 spiro atoms. The molecular weight excluding hydrogens is 784 g/mol. The standard InChI is InChI=1S/C21H18FN5O2.C14H10ClFN4O2.C6H8N2/c1-2-29-21(28)16-11-25-20(18-12-24-19-8-6-15(22)13-27(18)19)26-17(16)7-5-14-4-3-9-23-10-14;1-2-22-14(21)9-5-18-13(19-12(9)15)10-6-17-11-4-3-8(16)7-20(10)11;7-4-6-2-1-3-8-5-6/h3-4,6,8-13H,2,5,7H2,1H3;3-7H,2H2,1H3;1-3,5H,4,7H2. The Bertz CT molecular complexity index is 2680. The van der Waals surface area contributed by atoms with Crippen molar-refractivity contribution in [3.05, 3.63) is 155 Å². The summed E-state index contributed by atoms with van der Waals surface area (Å²) < 4.78 is 40.1. The molecular formula is C41H36ClF2N11O4. The Morgan fingerprint density at radius 2 is 1.19 bits per heavy atom. The van der Waals surface area contributed by atoms with Crippen LogP contribution in [0.4, 0.5) is 8.78 Å². The third kappa shape index (κ3) is 10.4. The van der Waals surface area contributed by atoms with E-state index in [1.807, 2.05) is 24.3 Å². The highest BCUT2D eigenvalue weighted by atomic mass is 35.5. The first kappa shape index (κ1) is 41.5. The van der Waals surface area contributed by atoms with Crippen LogP contribution in [0.15, 0.2) is 110 Å². The number of esters is 2. The molecule has 0 aromatic carbocycles. The van der Waals surface area contributed by atoms with Crippen LogP contribution in [0.25, 0.3) is 34.3 Å². The van der Waals surface area contributed by atoms with Crippen LogP contribution in [0.1, 0.15) is 51.4 Å². The number of imidazole rings is 2. The number of halogens is 3. The molecule has 18 heteroatoms. The molecule has 0 fully saturated rings. The number of hydrogen-bond donors (Lipinski definition) is 1. The summed E-state index contributed by atoms with van der Waals surface area (Å²) in [7, 11) is 0. The Morgan fingerprint density at radius 3 is 1.68 bits per heavy atom. The van der Waals surface area contributed by atoms with Gasteiger partial charge in [-0.05, 0) is 74.2 Å². The van der Waals surface area contributed by atoms with Gasteiger partial charge in [-0.3, -0.25) is 18.8 Å². The topological polar surface area (TPSA) is 191 Å². The van der Waals surface area contributed by atoms with E-state index in [2.05, 4.69) is 39.9 Å². The first-order valence-corrected chi connectivity index (χ1v) is 18.5. The molecule has 0 bridgehead atoms. The number of ether oxygens (including phenoxy) is 2. The number of carbonyl (C=O) groups excluding carboxylic acids is 2. The van der Waals surface area contributed by atoms with Crippen molar-refractivity contribution < 1.29 is 27.8 Å². The zero-order chi connectivity index (χ0) is 41.7. The maximum atomic E-state index is 13.7. The maximum absolute atomic E-state index is 13.7. The lowest BCUT2D eigenvalue weighted by molar-refractivity contribution is 0.0515. The fraction of sp³-hybridized carbons (Fsp3) is 0.171. The molecule has 59 heavy (non-hydrogen) atoms. The second-order valence-corrected chi connectivity index (χ2v) is 12.6. The number of nitrogens with two attached hydrogens (primary N) is 1. The molecule has 0 aliphatic rings. The molecule has 8 aromatic rings. The average molecular weight is 820 g/mol. The number of rotatable bonds is 10. The monoisotopic (exact) mass is 819 g/mol. The van der Waals surface area contributed by atoms with Gasteiger partial charge in [-0.25, -0.2) is 48.3 Å². The third-order valence-electron chi connectivity index (χ3n) is 8.33. The summed E-state index contributed by atoms with van der Waals surface area (Å²) in [6.45, 7) is 4.50. The van der Waals surface area contributed by atoms with Crippen LogP contribution < -0.4 is 5.73 Å². The summed E-state index contributed by atoms with van der Waals surface area (Å²) in [5.41, 5.74) is 10.5. The van der Waals surface area contributed by atoms with E-state index < -0.39 is 23.6 Å². The Labute approximate surface area is 341 Å². The summed E-state index contributed by atoms with van der Waals surface area (Å²) >= 11 is 6.00. The van der Waals surface area contributed by atoms with Crippen molar-refractivity contribution >= 4 is 34.8 Å². The summed E-state index contributed by atoms with van der Waals surface area (Å²) in [6.07, 6.45) is 16.6. The van der Waals surface area contributed by atoms with Crippen molar-refractivity contribution in [2.24, 2.45) is 5.73 Å². The fourth-order valence-electron chi connectivity index (χ4n) is 5.51. The van der Waals surface area contributed by atoms with Gasteiger partial charge in [0.05, 0.1) is 36.9 Å². The van der Waals surface area contributed by atoms with Crippen LogP contribution in [0.5, 0.6) is 0 Å². The number of pyridine rings is 4. The highest BCUT2D eigenvalue weighted by Crippen LogP contribution is 2.23. The lowest BCUT2D eigenvalue weighted by atomic mass is 10.1. The van der Waals surface area contributed by atoms with E-state index in [4.69, 9.17) is 26.8 Å². The molecule has 0 atom stereocenters. The predicted octanol–water partition coefficient (Wildman–Crippen LogP) is 6.59. The van der Waals surface area contributed by atoms with Gasteiger partial charge in [0.25, 0.3) is 0 Å². The van der Waals surface area contributed by atoms with Crippen LogP contribution in [0.2, 0.25) is 5.15 Å². The SMILES string of the molecule is CCOC(=O)c1cnc(-c2cnc3ccc(F)cn23)nc1CCc1cccnc1.CCOC(=O)c1cnc(-c2cnc3ccc(F)cn23)nc1Cl.NCc1cccnc1. The van der Waals surface area contributed by atoms with Gasteiger partial charge >= 0.3 is 11.9 Å². The molecule has 8 aromatic heterocycles. The lowest BCUT2D eigenvalue weighted by Gasteiger charge is -2.10. The smallest absolute Gasteiger partial charge is 0.342 e. The predicted molar refractivity (Wildman–Crippen MR) is 213 cm³/mol. The van der Waals surface area contributed by atoms with Gasteiger partial charge < -0.3 is 15.2 Å². The second kappa shape index (κ2) is 19.8. The number of aryl methyl sites for hydroxylation is 2. The van der Waals surface area contributed by atoms with Crippen molar-refractivity contribution in [2.75, 3.05) is 13.2 Å². The van der Waals surface area contributed by atoms with E-state index in [1.54, 1.807) is 55.3 Å². The maximum Gasteiger partial charge on any atom is 0.342 e. The summed E-state index contributed by atoms with van der Waals surface area (Å²) in [6, 6.07) is 13.4. The van der Waals surface area contributed by atoms with Crippen molar-refractivity contribution in [1.82, 2.24) is 48.7 Å². The minimum absolute atomic E-state index is 0.0326. The number of hydrogen-bond acceptors (Lipinski definition) is 13. The molecule has 0 radical (unpaired) electrons. The van der Waals surface area contributed by atoms with Gasteiger partial charge in [0.2, 0.25) is 0 Å². The minimum atomic E-state index is -0.594. The molecule has 2 N–H and O–H groups in total. The first-order valence-electron chi connectivity index (χ1n) is 18.2. The van der Waals surface area contributed by atoms with Gasteiger partial charge in [-0.1, -0.05) is 23.7 Å². The molecule has 0 aliphatic carbocycles. The zero-order valence-corrected chi connectivity index (χ0v) is 32.5. The highest BCUT2D eigenvalue weighted by Gasteiger charge is 2.19. The molecule has 0 amide bonds. The molecule has 0 saturated heterocycles. The first-order chi connectivity index (χ1) is 28.7. The van der Waals surface area contributed by atoms with Crippen LogP contribution in [0, 0.1) is 11.6 Å². The van der Waals surface area contributed by atoms with Crippen LogP contribution in [-0.2, 0) is 28.9 Å². The quantitative estimate of drug-likeness (QED) is 0.115. The van der Waals surface area contributed by atoms with E-state index in [0.29, 0.717) is 59.2 Å². The lowest BCUT2D eigenvalue weighted by Crippen LogP contribution is -2.12. The zero-order valence-electron chi connectivity index (χ0n) is 31.7. The highest BCUT2D eigenvalue weighted by molar-refractivity contribution is 6.32. The molecule has 8 heterocycles. The van der Waals surface area contributed by atoms with Crippen molar-refractivity contribution in [2.45, 2.75) is 33.2 Å². The number of aromatic nitrogens is 10. The van der Waals surface area contributed by atoms with Crippen molar-refractivity contribution in [3.63, 3.8) is 0 Å². The summed E-state index contributed by atoms with van der Waals surface area (Å²) in [4.78, 5) is 57.5. The van der Waals surface area contributed by atoms with Crippen molar-refractivity contribution in [1.29, 1.82) is 0 Å². The average Bonchev–Trinajstić information content (AvgIpc) is 3.88. The molecule has 8 rings (SSSR count). The Morgan fingerprint density at radius 1 is 0.661 bits per heavy atom. The fourth-order valence-corrected chi connectivity index (χ4v) is 5.71. The minimum Gasteiger partial charge on any atom is -0.462 e. The molecule has 0 saturated carbocycles. The second-order valence-electron chi connectivity index (χ2n) is 12.3. The van der Waals surface area contributed by atoms with Gasteiger partial charge in [-0.2, -0.15) is 0 Å². The third-order valence-corrected chi connectivity index (χ3v) is 8.62. The molecule has 300 valence electrons. The van der Waals surface area contributed by atoms with Crippen LogP contribution in [-0.4, -0.2) is 73.8 Å². The van der Waals surface area contributed by atoms with Crippen LogP contribution >= 0.6 is 11.6 Å². The molecule has 0 unspecified atom stereocenters. The van der Waals surface area contributed by atoms with Gasteiger partial charge in [0.15, 0.2) is 11.6 Å². The Kier molecular flexibility index (Phi) is 14.0. The van der Waals surface area contributed by atoms with Crippen molar-refractivity contribution in [3.8, 4) is 23.0 Å². The van der Waals surface area contributed by atoms with E-state index >= 15 is 0 Å². The Hall–Kier alpha value is -7.11. The normalized spacial score (nSPS) is 10.7. The van der Waals surface area contributed by atoms with Crippen LogP contribution in [0.3, 0.4) is 0 Å². The molecule has 0 aliphatic heterocycles. The van der Waals surface area contributed by atoms with E-state index in [9.17, 15) is 18.4 Å². The summed E-state index contributed by atoms with van der Waals surface area (Å²) in [5, 5.41) is -0.0326. The number of nitrogens with zero attached hydrogens (tertiary/aromatic N) is 10. The van der Waals surface area contributed by atoms with E-state index in [1.165, 1.54) is 53.6 Å². The Balaban J connectivity index is 0.000000171. The summed E-state index contributed by atoms with van der Waals surface area (Å²) in [5.74, 6) is -1.28. The van der Waals surface area contributed by atoms with Gasteiger partial charge in [0, 0.05) is 56.1 Å². The van der Waals surface area contributed by atoms with Gasteiger partial charge in [-0.15, -0.1) is 0 Å². The number of fused-ring (bicyclic) bond motifs is 2. The van der Waals surface area contributed by atoms with Gasteiger partial charge in [0.1, 0.15) is 45.0 Å². The molecule has 15 nitrogen and oxygen atoms in total. The van der Waals surface area contributed by atoms with E-state index in [-0.39, 0.29) is 29.8 Å². The van der Waals surface area contributed by atoms with E-state index in [0.717, 1.165) is 11.1 Å². The largest absolute Gasteiger partial charge is 0.462 e.